The molecule has 126 valence electrons. The summed E-state index contributed by atoms with van der Waals surface area (Å²) >= 11 is 17.9. The minimum Gasteiger partial charge on any atom is -0.353 e. The largest absolute Gasteiger partial charge is 0.353 e. The Morgan fingerprint density at radius 2 is 1.79 bits per heavy atom. The second kappa shape index (κ2) is 6.27. The number of benzene rings is 1. The van der Waals surface area contributed by atoms with Crippen LogP contribution in [0.1, 0.15) is 6.92 Å². The van der Waals surface area contributed by atoms with Gasteiger partial charge in [-0.25, -0.2) is 4.90 Å². The Labute approximate surface area is 152 Å². The molecule has 3 amide bonds. The van der Waals surface area contributed by atoms with E-state index in [1.165, 1.54) is 18.2 Å². The van der Waals surface area contributed by atoms with Gasteiger partial charge in [0.25, 0.3) is 11.8 Å². The highest BCUT2D eigenvalue weighted by Gasteiger charge is 2.44. The maximum absolute atomic E-state index is 12.8. The van der Waals surface area contributed by atoms with Crippen LogP contribution in [-0.2, 0) is 14.4 Å². The van der Waals surface area contributed by atoms with E-state index in [0.717, 1.165) is 4.90 Å². The van der Waals surface area contributed by atoms with Gasteiger partial charge in [-0.15, -0.1) is 0 Å². The van der Waals surface area contributed by atoms with Crippen LogP contribution in [0, 0.1) is 0 Å². The first-order chi connectivity index (χ1) is 11.3. The minimum atomic E-state index is -0.659. The number of piperazine rings is 1. The van der Waals surface area contributed by atoms with Gasteiger partial charge in [0.15, 0.2) is 0 Å². The third-order valence-electron chi connectivity index (χ3n) is 3.95. The lowest BCUT2D eigenvalue weighted by Crippen LogP contribution is -2.54. The standard InChI is InChI=1S/C15H12Cl3N3O3/c1-7-13(22)19-4-5-20(7)12-11(18)14(23)21(15(12)24)8-2-3-9(16)10(17)6-8/h2-3,6-7H,4-5H2,1H3,(H,19,22). The highest BCUT2D eigenvalue weighted by Crippen LogP contribution is 2.35. The van der Waals surface area contributed by atoms with E-state index < -0.39 is 17.9 Å². The molecule has 9 heteroatoms. The summed E-state index contributed by atoms with van der Waals surface area (Å²) in [5, 5.41) is 3.00. The number of amides is 3. The number of hydrogen-bond donors (Lipinski definition) is 1. The molecular weight excluding hydrogens is 377 g/mol. The van der Waals surface area contributed by atoms with Crippen molar-refractivity contribution in [1.29, 1.82) is 0 Å². The molecule has 0 aromatic heterocycles. The predicted octanol–water partition coefficient (Wildman–Crippen LogP) is 2.14. The monoisotopic (exact) mass is 387 g/mol. The van der Waals surface area contributed by atoms with Crippen molar-refractivity contribution in [3.05, 3.63) is 39.0 Å². The molecule has 6 nitrogen and oxygen atoms in total. The Balaban J connectivity index is 1.98. The third-order valence-corrected chi connectivity index (χ3v) is 5.03. The Morgan fingerprint density at radius 1 is 1.08 bits per heavy atom. The number of nitrogens with zero attached hydrogens (tertiary/aromatic N) is 2. The number of carbonyl (C=O) groups is 3. The average molecular weight is 389 g/mol. The maximum atomic E-state index is 12.8. The summed E-state index contributed by atoms with van der Waals surface area (Å²) in [6, 6.07) is 3.80. The number of rotatable bonds is 2. The fourth-order valence-corrected chi connectivity index (χ4v) is 3.25. The first-order valence-electron chi connectivity index (χ1n) is 7.11. The van der Waals surface area contributed by atoms with Crippen LogP contribution in [0.4, 0.5) is 5.69 Å². The van der Waals surface area contributed by atoms with Gasteiger partial charge in [0.1, 0.15) is 16.8 Å². The summed E-state index contributed by atoms with van der Waals surface area (Å²) in [4.78, 5) is 39.6. The number of anilines is 1. The molecule has 1 N–H and O–H groups in total. The van der Waals surface area contributed by atoms with Crippen LogP contribution in [0.15, 0.2) is 28.9 Å². The molecule has 1 aromatic carbocycles. The molecule has 1 fully saturated rings. The van der Waals surface area contributed by atoms with Gasteiger partial charge in [-0.3, -0.25) is 14.4 Å². The van der Waals surface area contributed by atoms with Crippen molar-refractivity contribution in [3.8, 4) is 0 Å². The number of imide groups is 1. The molecule has 3 rings (SSSR count). The Hall–Kier alpha value is -1.76. The molecule has 1 unspecified atom stereocenters. The molecular formula is C15H12Cl3N3O3. The molecule has 0 spiro atoms. The first-order valence-corrected chi connectivity index (χ1v) is 8.24. The van der Waals surface area contributed by atoms with Crippen molar-refractivity contribution in [2.24, 2.45) is 0 Å². The lowest BCUT2D eigenvalue weighted by molar-refractivity contribution is -0.128. The Morgan fingerprint density at radius 3 is 2.46 bits per heavy atom. The molecule has 1 saturated heterocycles. The van der Waals surface area contributed by atoms with Gasteiger partial charge in [-0.1, -0.05) is 34.8 Å². The van der Waals surface area contributed by atoms with Gasteiger partial charge < -0.3 is 10.2 Å². The van der Waals surface area contributed by atoms with Crippen LogP contribution in [-0.4, -0.2) is 41.8 Å². The van der Waals surface area contributed by atoms with E-state index in [0.29, 0.717) is 18.1 Å². The molecule has 2 aliphatic rings. The van der Waals surface area contributed by atoms with Crippen LogP contribution in [0.5, 0.6) is 0 Å². The molecule has 24 heavy (non-hydrogen) atoms. The summed E-state index contributed by atoms with van der Waals surface area (Å²) in [6.07, 6.45) is 0. The quantitative estimate of drug-likeness (QED) is 0.788. The smallest absolute Gasteiger partial charge is 0.283 e. The molecule has 2 aliphatic heterocycles. The zero-order valence-electron chi connectivity index (χ0n) is 12.5. The van der Waals surface area contributed by atoms with Gasteiger partial charge in [0, 0.05) is 13.1 Å². The lowest BCUT2D eigenvalue weighted by Gasteiger charge is -2.34. The van der Waals surface area contributed by atoms with E-state index in [9.17, 15) is 14.4 Å². The zero-order chi connectivity index (χ0) is 17.6. The average Bonchev–Trinajstić information content (AvgIpc) is 2.76. The predicted molar refractivity (Wildman–Crippen MR) is 91.0 cm³/mol. The van der Waals surface area contributed by atoms with E-state index >= 15 is 0 Å². The fourth-order valence-electron chi connectivity index (χ4n) is 2.69. The summed E-state index contributed by atoms with van der Waals surface area (Å²) in [6.45, 7) is 2.39. The second-order valence-electron chi connectivity index (χ2n) is 5.37. The van der Waals surface area contributed by atoms with Crippen LogP contribution >= 0.6 is 34.8 Å². The highest BCUT2D eigenvalue weighted by molar-refractivity contribution is 6.52. The summed E-state index contributed by atoms with van der Waals surface area (Å²) in [5.41, 5.74) is 0.289. The molecule has 2 heterocycles. The molecule has 1 aromatic rings. The van der Waals surface area contributed by atoms with Crippen LogP contribution in [0.3, 0.4) is 0 Å². The summed E-state index contributed by atoms with van der Waals surface area (Å²) in [7, 11) is 0. The Bertz CT molecular complexity index is 793. The topological polar surface area (TPSA) is 69.7 Å². The van der Waals surface area contributed by atoms with E-state index in [1.54, 1.807) is 11.8 Å². The third kappa shape index (κ3) is 2.64. The Kier molecular flexibility index (Phi) is 4.46. The SMILES string of the molecule is CC1C(=O)NCCN1C1=C(Cl)C(=O)N(c2ccc(Cl)c(Cl)c2)C1=O. The lowest BCUT2D eigenvalue weighted by atomic mass is 10.2. The molecule has 0 saturated carbocycles. The van der Waals surface area contributed by atoms with Gasteiger partial charge >= 0.3 is 0 Å². The number of halogens is 3. The number of nitrogens with one attached hydrogen (secondary N) is 1. The van der Waals surface area contributed by atoms with Crippen LogP contribution in [0.25, 0.3) is 0 Å². The van der Waals surface area contributed by atoms with Gasteiger partial charge in [-0.2, -0.15) is 0 Å². The maximum Gasteiger partial charge on any atom is 0.283 e. The molecule has 0 bridgehead atoms. The first kappa shape index (κ1) is 17.1. The minimum absolute atomic E-state index is 0.0232. The summed E-state index contributed by atoms with van der Waals surface area (Å²) in [5.74, 6) is -1.48. The molecule has 0 radical (unpaired) electrons. The van der Waals surface area contributed by atoms with Crippen molar-refractivity contribution < 1.29 is 14.4 Å². The summed E-state index contributed by atoms with van der Waals surface area (Å²) < 4.78 is 0. The van der Waals surface area contributed by atoms with E-state index in [1.807, 2.05) is 0 Å². The van der Waals surface area contributed by atoms with E-state index in [-0.39, 0.29) is 27.3 Å². The normalized spacial score (nSPS) is 21.7. The van der Waals surface area contributed by atoms with Crippen LogP contribution in [0.2, 0.25) is 10.0 Å². The molecule has 0 aliphatic carbocycles. The number of carbonyl (C=O) groups excluding carboxylic acids is 3. The van der Waals surface area contributed by atoms with E-state index in [4.69, 9.17) is 34.8 Å². The van der Waals surface area contributed by atoms with Crippen molar-refractivity contribution in [2.75, 3.05) is 18.0 Å². The molecule has 1 atom stereocenters. The van der Waals surface area contributed by atoms with Gasteiger partial charge in [0.2, 0.25) is 5.91 Å². The van der Waals surface area contributed by atoms with Crippen LogP contribution < -0.4 is 10.2 Å². The highest BCUT2D eigenvalue weighted by atomic mass is 35.5. The van der Waals surface area contributed by atoms with Gasteiger partial charge in [-0.05, 0) is 25.1 Å². The van der Waals surface area contributed by atoms with Gasteiger partial charge in [0.05, 0.1) is 15.7 Å². The fraction of sp³-hybridized carbons (Fsp3) is 0.267. The van der Waals surface area contributed by atoms with Crippen molar-refractivity contribution in [3.63, 3.8) is 0 Å². The van der Waals surface area contributed by atoms with Crippen molar-refractivity contribution >= 4 is 58.2 Å². The zero-order valence-corrected chi connectivity index (χ0v) is 14.7. The number of hydrogen-bond acceptors (Lipinski definition) is 4. The van der Waals surface area contributed by atoms with Crippen molar-refractivity contribution in [2.45, 2.75) is 13.0 Å². The van der Waals surface area contributed by atoms with E-state index in [2.05, 4.69) is 5.32 Å². The second-order valence-corrected chi connectivity index (χ2v) is 6.56. The van der Waals surface area contributed by atoms with Crippen molar-refractivity contribution in [1.82, 2.24) is 10.2 Å².